The van der Waals surface area contributed by atoms with Crippen LogP contribution in [-0.2, 0) is 9.53 Å². The highest BCUT2D eigenvalue weighted by Gasteiger charge is 2.25. The minimum absolute atomic E-state index is 0.0368. The second-order valence-corrected chi connectivity index (χ2v) is 10.4. The topological polar surface area (TPSA) is 116 Å². The molecule has 0 aliphatic carbocycles. The summed E-state index contributed by atoms with van der Waals surface area (Å²) in [6.07, 6.45) is 1.66. The smallest absolute Gasteiger partial charge is 0.341 e. The lowest BCUT2D eigenvalue weighted by molar-refractivity contribution is -0.113. The van der Waals surface area contributed by atoms with Crippen LogP contribution in [0.4, 0.5) is 5.00 Å². The quantitative estimate of drug-likeness (QED) is 0.224. The minimum Gasteiger partial charge on any atom is -0.462 e. The van der Waals surface area contributed by atoms with E-state index in [1.807, 2.05) is 13.8 Å². The van der Waals surface area contributed by atoms with E-state index in [4.69, 9.17) is 4.74 Å². The van der Waals surface area contributed by atoms with Gasteiger partial charge in [0, 0.05) is 4.88 Å². The molecule has 0 spiro atoms. The largest absolute Gasteiger partial charge is 0.462 e. The third-order valence-electron chi connectivity index (χ3n) is 5.08. The molecule has 4 aromatic rings. The Labute approximate surface area is 201 Å². The summed E-state index contributed by atoms with van der Waals surface area (Å²) >= 11 is 3.89. The summed E-state index contributed by atoms with van der Waals surface area (Å²) in [7, 11) is 0. The molecule has 33 heavy (non-hydrogen) atoms. The summed E-state index contributed by atoms with van der Waals surface area (Å²) in [5.41, 5.74) is 2.55. The number of fused-ring (bicyclic) bond motifs is 3. The van der Waals surface area contributed by atoms with Gasteiger partial charge >= 0.3 is 5.97 Å². The molecule has 1 amide bonds. The molecule has 0 aromatic carbocycles. The molecule has 0 saturated carbocycles. The van der Waals surface area contributed by atoms with Gasteiger partial charge in [-0.2, -0.15) is 0 Å². The number of ether oxygens (including phenoxy) is 1. The van der Waals surface area contributed by atoms with Gasteiger partial charge in [0.25, 0.3) is 0 Å². The van der Waals surface area contributed by atoms with Crippen LogP contribution in [0.2, 0.25) is 0 Å². The van der Waals surface area contributed by atoms with E-state index in [0.717, 1.165) is 27.1 Å². The van der Waals surface area contributed by atoms with Crippen LogP contribution in [0.1, 0.15) is 49.9 Å². The van der Waals surface area contributed by atoms with Crippen LogP contribution >= 0.6 is 34.4 Å². The number of carbonyl (C=O) groups is 3. The molecule has 12 heteroatoms. The number of hydrogen-bond donors (Lipinski definition) is 1. The Balaban J connectivity index is 1.55. The lowest BCUT2D eigenvalue weighted by atomic mass is 10.1. The average Bonchev–Trinajstić information content (AvgIpc) is 3.40. The highest BCUT2D eigenvalue weighted by atomic mass is 32.2. The number of nitrogens with zero attached hydrogens (tertiary/aromatic N) is 4. The Morgan fingerprint density at radius 1 is 1.15 bits per heavy atom. The van der Waals surface area contributed by atoms with Gasteiger partial charge in [0.2, 0.25) is 5.91 Å². The summed E-state index contributed by atoms with van der Waals surface area (Å²) in [6.45, 7) is 9.07. The fraction of sp³-hybridized carbons (Fsp3) is 0.333. The average molecular weight is 504 g/mol. The molecule has 0 aliphatic heterocycles. The van der Waals surface area contributed by atoms with E-state index in [1.165, 1.54) is 23.6 Å². The van der Waals surface area contributed by atoms with Gasteiger partial charge in [0.05, 0.1) is 28.2 Å². The molecule has 4 aromatic heterocycles. The van der Waals surface area contributed by atoms with Crippen LogP contribution in [0.25, 0.3) is 15.9 Å². The van der Waals surface area contributed by atoms with E-state index in [2.05, 4.69) is 20.5 Å². The van der Waals surface area contributed by atoms with Gasteiger partial charge in [-0.1, -0.05) is 11.8 Å². The van der Waals surface area contributed by atoms with Gasteiger partial charge in [-0.3, -0.25) is 14.0 Å². The molecule has 4 heterocycles. The predicted octanol–water partition coefficient (Wildman–Crippen LogP) is 4.44. The van der Waals surface area contributed by atoms with Crippen molar-refractivity contribution in [2.75, 3.05) is 17.7 Å². The normalized spacial score (nSPS) is 11.3. The Hall–Kier alpha value is -2.83. The molecule has 0 unspecified atom stereocenters. The number of hydrogen-bond acceptors (Lipinski definition) is 10. The first-order chi connectivity index (χ1) is 15.7. The van der Waals surface area contributed by atoms with Crippen LogP contribution < -0.4 is 5.32 Å². The number of amides is 1. The second kappa shape index (κ2) is 9.20. The summed E-state index contributed by atoms with van der Waals surface area (Å²) in [5.74, 6) is -1.04. The number of rotatable bonds is 7. The number of nitrogens with one attached hydrogen (secondary N) is 1. The fourth-order valence-corrected chi connectivity index (χ4v) is 6.20. The number of aromatic nitrogens is 4. The van der Waals surface area contributed by atoms with Crippen LogP contribution in [0, 0.1) is 20.8 Å². The maximum absolute atomic E-state index is 12.7. The molecule has 4 rings (SSSR count). The summed E-state index contributed by atoms with van der Waals surface area (Å²) in [6, 6.07) is 0. The summed E-state index contributed by atoms with van der Waals surface area (Å²) in [4.78, 5) is 44.1. The standard InChI is InChI=1S/C21H21N5O4S3/c1-6-30-20(29)15-10(3)16(11(4)27)33-19(15)23-13(28)7-31-21-25-24-17-14-9(2)12(5)32-18(14)22-8-26(17)21/h8H,6-7H2,1-5H3,(H,23,28). The molecule has 172 valence electrons. The van der Waals surface area contributed by atoms with E-state index in [1.54, 1.807) is 35.9 Å². The number of thiophene rings is 2. The maximum atomic E-state index is 12.7. The van der Waals surface area contributed by atoms with Gasteiger partial charge in [-0.05, 0) is 45.7 Å². The van der Waals surface area contributed by atoms with E-state index < -0.39 is 5.97 Å². The number of thioether (sulfide) groups is 1. The monoisotopic (exact) mass is 503 g/mol. The van der Waals surface area contributed by atoms with Crippen LogP contribution in [-0.4, -0.2) is 49.6 Å². The first kappa shape index (κ1) is 23.3. The molecular formula is C21H21N5O4S3. The Morgan fingerprint density at radius 2 is 1.91 bits per heavy atom. The van der Waals surface area contributed by atoms with Crippen LogP contribution in [0.3, 0.4) is 0 Å². The zero-order chi connectivity index (χ0) is 23.9. The van der Waals surface area contributed by atoms with Crippen molar-refractivity contribution in [3.05, 3.63) is 32.8 Å². The molecule has 0 atom stereocenters. The number of carbonyl (C=O) groups excluding carboxylic acids is 3. The molecule has 0 fully saturated rings. The Morgan fingerprint density at radius 3 is 2.61 bits per heavy atom. The molecule has 9 nitrogen and oxygen atoms in total. The van der Waals surface area contributed by atoms with E-state index in [0.29, 0.717) is 26.2 Å². The SMILES string of the molecule is CCOC(=O)c1c(NC(=O)CSc2nnc3c4c(C)c(C)sc4ncn23)sc(C(C)=O)c1C. The lowest BCUT2D eigenvalue weighted by Crippen LogP contribution is -2.16. The minimum atomic E-state index is -0.568. The Bertz CT molecular complexity index is 1420. The van der Waals surface area contributed by atoms with Crippen molar-refractivity contribution in [3.63, 3.8) is 0 Å². The van der Waals surface area contributed by atoms with E-state index in [-0.39, 0.29) is 29.6 Å². The van der Waals surface area contributed by atoms with Crippen molar-refractivity contribution in [1.29, 1.82) is 0 Å². The number of aryl methyl sites for hydroxylation is 2. The summed E-state index contributed by atoms with van der Waals surface area (Å²) in [5, 5.41) is 13.1. The highest BCUT2D eigenvalue weighted by Crippen LogP contribution is 2.35. The van der Waals surface area contributed by atoms with Gasteiger partial charge in [0.15, 0.2) is 16.6 Å². The summed E-state index contributed by atoms with van der Waals surface area (Å²) < 4.78 is 6.88. The number of anilines is 1. The van der Waals surface area contributed by atoms with Gasteiger partial charge in [0.1, 0.15) is 16.2 Å². The van der Waals surface area contributed by atoms with Gasteiger partial charge in [-0.25, -0.2) is 9.78 Å². The van der Waals surface area contributed by atoms with Crippen molar-refractivity contribution in [2.45, 2.75) is 39.8 Å². The van der Waals surface area contributed by atoms with Gasteiger partial charge in [-0.15, -0.1) is 32.9 Å². The highest BCUT2D eigenvalue weighted by molar-refractivity contribution is 7.99. The number of Topliss-reactive ketones (excluding diaryl/α,β-unsaturated/α-hetero) is 1. The van der Waals surface area contributed by atoms with Gasteiger partial charge < -0.3 is 10.1 Å². The second-order valence-electron chi connectivity index (χ2n) is 7.26. The number of esters is 1. The van der Waals surface area contributed by atoms with Crippen LogP contribution in [0.5, 0.6) is 0 Å². The van der Waals surface area contributed by atoms with Crippen molar-refractivity contribution in [1.82, 2.24) is 19.6 Å². The molecule has 0 aliphatic rings. The number of ketones is 1. The van der Waals surface area contributed by atoms with E-state index in [9.17, 15) is 14.4 Å². The van der Waals surface area contributed by atoms with Crippen molar-refractivity contribution in [3.8, 4) is 0 Å². The molecule has 0 saturated heterocycles. The third-order valence-corrected chi connectivity index (χ3v) is 8.44. The van der Waals surface area contributed by atoms with E-state index >= 15 is 0 Å². The molecule has 1 N–H and O–H groups in total. The zero-order valence-corrected chi connectivity index (χ0v) is 21.1. The fourth-order valence-electron chi connectivity index (χ4n) is 3.40. The van der Waals surface area contributed by atoms with Crippen molar-refractivity contribution >= 4 is 73.0 Å². The Kier molecular flexibility index (Phi) is 6.50. The maximum Gasteiger partial charge on any atom is 0.341 e. The molecule has 0 bridgehead atoms. The van der Waals surface area contributed by atoms with Crippen molar-refractivity contribution in [2.24, 2.45) is 0 Å². The third kappa shape index (κ3) is 4.25. The predicted molar refractivity (Wildman–Crippen MR) is 130 cm³/mol. The lowest BCUT2D eigenvalue weighted by Gasteiger charge is -2.07. The first-order valence-corrected chi connectivity index (χ1v) is 12.7. The molecular weight excluding hydrogens is 482 g/mol. The van der Waals surface area contributed by atoms with Crippen LogP contribution in [0.15, 0.2) is 11.5 Å². The molecule has 0 radical (unpaired) electrons. The first-order valence-electron chi connectivity index (χ1n) is 10.1. The van der Waals surface area contributed by atoms with Crippen molar-refractivity contribution < 1.29 is 19.1 Å². The zero-order valence-electron chi connectivity index (χ0n) is 18.6.